The summed E-state index contributed by atoms with van der Waals surface area (Å²) >= 11 is 11.8. The number of carbonyl (C=O) groups is 1. The summed E-state index contributed by atoms with van der Waals surface area (Å²) in [6.45, 7) is 10.7. The second-order valence-corrected chi connectivity index (χ2v) is 22.1. The maximum absolute atomic E-state index is 14.7. The van der Waals surface area contributed by atoms with E-state index < -0.39 is 98.4 Å². The minimum atomic E-state index is -5.80. The number of fused-ring (bicyclic) bond motifs is 2. The van der Waals surface area contributed by atoms with Crippen molar-refractivity contribution in [2.75, 3.05) is 63.4 Å². The molecule has 0 aromatic carbocycles. The van der Waals surface area contributed by atoms with Gasteiger partial charge in [0.15, 0.2) is 59.6 Å². The van der Waals surface area contributed by atoms with Crippen molar-refractivity contribution in [3.63, 3.8) is 0 Å². The van der Waals surface area contributed by atoms with Crippen molar-refractivity contribution in [1.82, 2.24) is 39.0 Å². The lowest BCUT2D eigenvalue weighted by Gasteiger charge is -2.19. The molecule has 0 unspecified atom stereocenters. The molecule has 6 N–H and O–H groups in total. The molecule has 0 aliphatic carbocycles. The van der Waals surface area contributed by atoms with E-state index in [1.54, 1.807) is 34.6 Å². The van der Waals surface area contributed by atoms with Crippen molar-refractivity contribution in [3.8, 4) is 0 Å². The normalized spacial score (nSPS) is 22.3. The van der Waals surface area contributed by atoms with Crippen molar-refractivity contribution >= 4 is 88.4 Å². The van der Waals surface area contributed by atoms with Crippen LogP contribution in [0.4, 0.5) is 33.6 Å². The molecular formula is C38H61Cl2F5N10O16P2S. The SMILES string of the molecule is C.C.CC(C)(C)C(=O)Nc1nc(Cl)nc2c1ncn2[C@@H]1O[C@H](CO)[C@@H](O)[C@@H]1F.CCOP(=O)(COC[C@H]1O[C@@H](n2cnc3c(N)nc(Cl)nc32)[C@@H](F)[C@@H]1O)OCC.CCOP(=O)(COS(=O)(=O)C(F)(F)F)OCC. The van der Waals surface area contributed by atoms with Crippen LogP contribution in [0.2, 0.25) is 10.6 Å². The van der Waals surface area contributed by atoms with Crippen molar-refractivity contribution in [3.05, 3.63) is 23.2 Å². The Labute approximate surface area is 432 Å². The average Bonchev–Trinajstić information content (AvgIpc) is 4.04. The van der Waals surface area contributed by atoms with E-state index in [1.807, 2.05) is 0 Å². The van der Waals surface area contributed by atoms with Crippen molar-refractivity contribution < 1.29 is 96.1 Å². The summed E-state index contributed by atoms with van der Waals surface area (Å²) in [6, 6.07) is 0. The van der Waals surface area contributed by atoms with Crippen molar-refractivity contribution in [1.29, 1.82) is 0 Å². The average molecular weight is 1170 g/mol. The number of hydrogen-bond donors (Lipinski definition) is 5. The number of aromatic nitrogens is 8. The van der Waals surface area contributed by atoms with E-state index in [1.165, 1.54) is 35.6 Å². The first kappa shape index (κ1) is 66.7. The summed E-state index contributed by atoms with van der Waals surface area (Å²) in [6.07, 6.45) is -10.3. The minimum absolute atomic E-state index is 0. The van der Waals surface area contributed by atoms with Crippen LogP contribution in [0, 0.1) is 5.41 Å². The number of aliphatic hydroxyl groups is 3. The molecule has 2 fully saturated rings. The number of carbonyl (C=O) groups excluding carboxylic acids is 1. The van der Waals surface area contributed by atoms with E-state index in [0.29, 0.717) is 0 Å². The van der Waals surface area contributed by atoms with Crippen LogP contribution >= 0.6 is 38.4 Å². The van der Waals surface area contributed by atoms with Crippen molar-refractivity contribution in [2.24, 2.45) is 5.41 Å². The summed E-state index contributed by atoms with van der Waals surface area (Å²) in [5, 5.41) is 31.5. The number of imidazole rings is 2. The number of amides is 1. The molecule has 6 heterocycles. The molecule has 74 heavy (non-hydrogen) atoms. The monoisotopic (exact) mass is 1170 g/mol. The molecule has 6 rings (SSSR count). The molecule has 2 aliphatic heterocycles. The number of hydrogen-bond acceptors (Lipinski definition) is 23. The third-order valence-electron chi connectivity index (χ3n) is 9.53. The van der Waals surface area contributed by atoms with Gasteiger partial charge in [0.2, 0.25) is 16.5 Å². The highest BCUT2D eigenvalue weighted by Gasteiger charge is 2.49. The van der Waals surface area contributed by atoms with E-state index >= 15 is 0 Å². The molecule has 26 nitrogen and oxygen atoms in total. The van der Waals surface area contributed by atoms with Gasteiger partial charge in [0.05, 0.1) is 52.3 Å². The predicted molar refractivity (Wildman–Crippen MR) is 257 cm³/mol. The van der Waals surface area contributed by atoms with Crippen LogP contribution in [0.25, 0.3) is 22.3 Å². The van der Waals surface area contributed by atoms with Gasteiger partial charge in [0.25, 0.3) is 0 Å². The number of ether oxygens (including phenoxy) is 3. The van der Waals surface area contributed by atoms with Crippen LogP contribution in [0.3, 0.4) is 0 Å². The Balaban J connectivity index is 0.000000388. The van der Waals surface area contributed by atoms with Crippen LogP contribution in [0.5, 0.6) is 0 Å². The molecule has 2 saturated heterocycles. The Hall–Kier alpha value is -3.43. The Kier molecular flexibility index (Phi) is 25.0. The summed E-state index contributed by atoms with van der Waals surface area (Å²) in [5.74, 6) is -0.180. The van der Waals surface area contributed by atoms with Gasteiger partial charge < -0.3 is 58.7 Å². The smallest absolute Gasteiger partial charge is 0.394 e. The first-order valence-electron chi connectivity index (χ1n) is 21.2. The highest BCUT2D eigenvalue weighted by Crippen LogP contribution is 2.49. The number of nitrogen functional groups attached to an aromatic ring is 1. The Morgan fingerprint density at radius 3 is 1.66 bits per heavy atom. The number of halogens is 7. The number of nitrogens with one attached hydrogen (secondary N) is 1. The Bertz CT molecular complexity index is 2660. The van der Waals surface area contributed by atoms with Gasteiger partial charge in [-0.3, -0.25) is 27.2 Å². The van der Waals surface area contributed by atoms with E-state index in [-0.39, 0.29) is 105 Å². The van der Waals surface area contributed by atoms with Gasteiger partial charge >= 0.3 is 30.8 Å². The molecule has 0 saturated carbocycles. The molecule has 0 radical (unpaired) electrons. The van der Waals surface area contributed by atoms with Crippen LogP contribution < -0.4 is 11.1 Å². The van der Waals surface area contributed by atoms with Gasteiger partial charge in [-0.2, -0.15) is 41.5 Å². The quantitative estimate of drug-likeness (QED) is 0.0226. The fourth-order valence-corrected chi connectivity index (χ4v) is 10.1. The third-order valence-corrected chi connectivity index (χ3v) is 14.6. The van der Waals surface area contributed by atoms with E-state index in [9.17, 15) is 59.6 Å². The zero-order chi connectivity index (χ0) is 54.1. The first-order chi connectivity index (χ1) is 33.5. The van der Waals surface area contributed by atoms with E-state index in [0.717, 1.165) is 0 Å². The maximum Gasteiger partial charge on any atom is 0.523 e. The second kappa shape index (κ2) is 27.8. The summed E-state index contributed by atoms with van der Waals surface area (Å²) < 4.78 is 152. The number of nitrogens with zero attached hydrogens (tertiary/aromatic N) is 8. The van der Waals surface area contributed by atoms with Crippen LogP contribution in [0.15, 0.2) is 12.7 Å². The third kappa shape index (κ3) is 16.5. The lowest BCUT2D eigenvalue weighted by molar-refractivity contribution is -0.123. The van der Waals surface area contributed by atoms with Crippen LogP contribution in [-0.2, 0) is 60.5 Å². The van der Waals surface area contributed by atoms with Crippen LogP contribution in [-0.4, -0.2) is 163 Å². The highest BCUT2D eigenvalue weighted by atomic mass is 35.5. The number of nitrogens with two attached hydrogens (primary N) is 1. The molecule has 0 bridgehead atoms. The number of aliphatic hydroxyl groups excluding tert-OH is 3. The molecule has 2 aliphatic rings. The number of rotatable bonds is 19. The van der Waals surface area contributed by atoms with Gasteiger partial charge in [0.1, 0.15) is 36.3 Å². The molecule has 4 aromatic heterocycles. The van der Waals surface area contributed by atoms with E-state index in [4.69, 9.17) is 52.2 Å². The minimum Gasteiger partial charge on any atom is -0.394 e. The molecular weight excluding hydrogens is 1110 g/mol. The summed E-state index contributed by atoms with van der Waals surface area (Å²) in [7, 11) is -13.2. The van der Waals surface area contributed by atoms with Gasteiger partial charge in [-0.05, 0) is 50.9 Å². The largest absolute Gasteiger partial charge is 0.523 e. The lowest BCUT2D eigenvalue weighted by atomic mass is 9.96. The Morgan fingerprint density at radius 2 is 1.22 bits per heavy atom. The number of alkyl halides is 5. The van der Waals surface area contributed by atoms with Crippen LogP contribution in [0.1, 0.15) is 75.8 Å². The molecule has 424 valence electrons. The van der Waals surface area contributed by atoms with Crippen molar-refractivity contribution in [2.45, 2.75) is 118 Å². The van der Waals surface area contributed by atoms with Gasteiger partial charge in [-0.25, -0.2) is 18.7 Å². The highest BCUT2D eigenvalue weighted by molar-refractivity contribution is 7.87. The predicted octanol–water partition coefficient (Wildman–Crippen LogP) is 6.30. The van der Waals surface area contributed by atoms with Gasteiger partial charge in [0, 0.05) is 5.41 Å². The zero-order valence-corrected chi connectivity index (χ0v) is 43.3. The zero-order valence-electron chi connectivity index (χ0n) is 39.2. The van der Waals surface area contributed by atoms with Gasteiger partial charge in [-0.1, -0.05) is 35.6 Å². The molecule has 36 heteroatoms. The fraction of sp³-hybridized carbons (Fsp3) is 0.711. The molecule has 0 spiro atoms. The fourth-order valence-electron chi connectivity index (χ4n) is 6.19. The lowest BCUT2D eigenvalue weighted by Crippen LogP contribution is -2.31. The summed E-state index contributed by atoms with van der Waals surface area (Å²) in [5.41, 5.74) is 0.227. The van der Waals surface area contributed by atoms with E-state index in [2.05, 4.69) is 48.5 Å². The van der Waals surface area contributed by atoms with Gasteiger partial charge in [-0.15, -0.1) is 0 Å². The number of anilines is 2. The molecule has 1 amide bonds. The second-order valence-electron chi connectivity index (χ2n) is 15.8. The standard InChI is InChI=1S/C15H22ClFN5O6P.C15H19ClFN5O4.C6H12F3O6PS.2CH4/c1-3-26-29(24,27-4-2)7-25-5-8-11(23)9(17)14(28-8)22-6-19-10-12(18)20-15(16)21-13(10)22;1-15(2,3)13(25)19-10-8-11(21-14(16)20-10)22(5-18-8)12-7(17)9(24)6(4-23)26-12;1-3-13-16(10,14-4-2)5-15-17(11,12)6(7,8)9;;/h6,8-9,11,14,23H,3-5,7H2,1-2H3,(H2,18,20,21);5-7,9,12,23-24H,4H2,1-3H3,(H,19,20,21,25);3-5H2,1-2H3;2*1H4/t8-,9+,11-,14-;6-,7+,9-,12-;;;/m11.../s1. The maximum atomic E-state index is 14.7. The molecule has 4 aromatic rings. The Morgan fingerprint density at radius 1 is 0.784 bits per heavy atom. The topological polar surface area (TPSA) is 345 Å². The first-order valence-corrected chi connectivity index (χ1v) is 26.8. The summed E-state index contributed by atoms with van der Waals surface area (Å²) in [4.78, 5) is 36.2. The molecule has 8 atom stereocenters.